The lowest BCUT2D eigenvalue weighted by Crippen LogP contribution is -2.37. The van der Waals surface area contributed by atoms with Gasteiger partial charge in [0.25, 0.3) is 5.91 Å². The summed E-state index contributed by atoms with van der Waals surface area (Å²) >= 11 is 0. The molecule has 7 nitrogen and oxygen atoms in total. The van der Waals surface area contributed by atoms with E-state index >= 15 is 0 Å². The maximum Gasteiger partial charge on any atom is 0.267 e. The molecule has 32 heavy (non-hydrogen) atoms. The third-order valence-corrected chi connectivity index (χ3v) is 6.30. The van der Waals surface area contributed by atoms with Crippen LogP contribution in [0.4, 0.5) is 5.69 Å². The van der Waals surface area contributed by atoms with Crippen molar-refractivity contribution < 1.29 is 19.4 Å². The molecular formula is C25H31N3O4. The van der Waals surface area contributed by atoms with E-state index in [0.29, 0.717) is 36.0 Å². The average molecular weight is 438 g/mol. The molecule has 1 aromatic heterocycles. The van der Waals surface area contributed by atoms with Crippen LogP contribution in [0.25, 0.3) is 10.9 Å². The number of nitrogens with zero attached hydrogens (tertiary/aromatic N) is 1. The van der Waals surface area contributed by atoms with E-state index in [1.54, 1.807) is 14.2 Å². The smallest absolute Gasteiger partial charge is 0.267 e. The van der Waals surface area contributed by atoms with E-state index in [9.17, 15) is 9.90 Å². The molecule has 3 aromatic rings. The molecule has 0 aliphatic heterocycles. The summed E-state index contributed by atoms with van der Waals surface area (Å²) in [4.78, 5) is 13.2. The number of carbonyl (C=O) groups is 1. The highest BCUT2D eigenvalue weighted by Crippen LogP contribution is 2.28. The molecule has 2 aromatic carbocycles. The molecule has 0 spiro atoms. The topological polar surface area (TPSA) is 98.7 Å². The van der Waals surface area contributed by atoms with Gasteiger partial charge in [-0.05, 0) is 54.8 Å². The van der Waals surface area contributed by atoms with Gasteiger partial charge in [0.15, 0.2) is 0 Å². The van der Waals surface area contributed by atoms with E-state index in [0.717, 1.165) is 42.1 Å². The molecule has 4 rings (SSSR count). The second kappa shape index (κ2) is 9.53. The van der Waals surface area contributed by atoms with Crippen LogP contribution in [0, 0.1) is 5.92 Å². The number of methoxy groups -OCH3 is 2. The summed E-state index contributed by atoms with van der Waals surface area (Å²) < 4.78 is 12.8. The molecule has 1 saturated carbocycles. The number of rotatable bonds is 7. The summed E-state index contributed by atoms with van der Waals surface area (Å²) in [7, 11) is 3.23. The van der Waals surface area contributed by atoms with Crippen molar-refractivity contribution in [2.75, 3.05) is 26.5 Å². The normalized spacial score (nSPS) is 18.5. The number of hydrogen-bond donors (Lipinski definition) is 3. The monoisotopic (exact) mass is 437 g/mol. The van der Waals surface area contributed by atoms with E-state index in [-0.39, 0.29) is 17.9 Å². The Bertz CT molecular complexity index is 1090. The van der Waals surface area contributed by atoms with Crippen LogP contribution < -0.4 is 20.5 Å². The molecule has 2 atom stereocenters. The molecule has 0 radical (unpaired) electrons. The minimum Gasteiger partial charge on any atom is -0.497 e. The summed E-state index contributed by atoms with van der Waals surface area (Å²) in [6, 6.07) is 13.2. The summed E-state index contributed by atoms with van der Waals surface area (Å²) in [5, 5.41) is 14.2. The van der Waals surface area contributed by atoms with Gasteiger partial charge in [-0.3, -0.25) is 4.79 Å². The molecular weight excluding hydrogens is 406 g/mol. The summed E-state index contributed by atoms with van der Waals surface area (Å²) in [6.45, 7) is 0.937. The first-order valence-electron chi connectivity index (χ1n) is 11.1. The van der Waals surface area contributed by atoms with Gasteiger partial charge in [-0.25, -0.2) is 0 Å². The number of hydrogen-bond acceptors (Lipinski definition) is 5. The number of aliphatic hydroxyl groups is 1. The first-order chi connectivity index (χ1) is 15.5. The number of fused-ring (bicyclic) bond motifs is 1. The Balaban J connectivity index is 1.65. The Hall–Kier alpha value is -3.19. The van der Waals surface area contributed by atoms with Crippen molar-refractivity contribution in [2.24, 2.45) is 5.92 Å². The zero-order valence-corrected chi connectivity index (χ0v) is 18.6. The molecule has 1 aliphatic carbocycles. The first-order valence-corrected chi connectivity index (χ1v) is 11.1. The number of benzene rings is 2. The van der Waals surface area contributed by atoms with Crippen LogP contribution in [0.3, 0.4) is 0 Å². The molecule has 170 valence electrons. The predicted molar refractivity (Wildman–Crippen MR) is 125 cm³/mol. The van der Waals surface area contributed by atoms with Gasteiger partial charge in [0.1, 0.15) is 17.2 Å². The van der Waals surface area contributed by atoms with Crippen molar-refractivity contribution in [1.29, 1.82) is 0 Å². The molecule has 0 unspecified atom stereocenters. The van der Waals surface area contributed by atoms with Crippen molar-refractivity contribution >= 4 is 22.5 Å². The van der Waals surface area contributed by atoms with E-state index in [4.69, 9.17) is 15.2 Å². The van der Waals surface area contributed by atoms with Gasteiger partial charge in [0.2, 0.25) is 0 Å². The Labute approximate surface area is 188 Å². The van der Waals surface area contributed by atoms with Gasteiger partial charge in [-0.1, -0.05) is 12.8 Å². The predicted octanol–water partition coefficient (Wildman–Crippen LogP) is 3.57. The Morgan fingerprint density at radius 1 is 1.09 bits per heavy atom. The molecule has 1 aliphatic rings. The van der Waals surface area contributed by atoms with Crippen molar-refractivity contribution in [3.8, 4) is 11.5 Å². The Morgan fingerprint density at radius 2 is 1.81 bits per heavy atom. The van der Waals surface area contributed by atoms with Crippen molar-refractivity contribution in [2.45, 2.75) is 38.3 Å². The number of nitrogen functional groups attached to an aromatic ring is 1. The zero-order valence-electron chi connectivity index (χ0n) is 18.6. The number of aromatic nitrogens is 1. The van der Waals surface area contributed by atoms with Crippen LogP contribution in [-0.4, -0.2) is 42.4 Å². The lowest BCUT2D eigenvalue weighted by molar-refractivity contribution is 0.0661. The molecule has 7 heteroatoms. The highest BCUT2D eigenvalue weighted by Gasteiger charge is 2.24. The van der Waals surface area contributed by atoms with Gasteiger partial charge < -0.3 is 30.2 Å². The summed E-state index contributed by atoms with van der Waals surface area (Å²) in [6.07, 6.45) is 3.53. The Morgan fingerprint density at radius 3 is 2.50 bits per heavy atom. The minimum absolute atomic E-state index is 0.101. The van der Waals surface area contributed by atoms with Gasteiger partial charge in [0, 0.05) is 41.7 Å². The van der Waals surface area contributed by atoms with Crippen LogP contribution in [0.15, 0.2) is 42.5 Å². The van der Waals surface area contributed by atoms with Gasteiger partial charge >= 0.3 is 0 Å². The van der Waals surface area contributed by atoms with E-state index in [1.807, 2.05) is 47.0 Å². The molecule has 4 N–H and O–H groups in total. The van der Waals surface area contributed by atoms with Gasteiger partial charge in [0.05, 0.1) is 20.3 Å². The number of nitrogens with two attached hydrogens (primary N) is 1. The van der Waals surface area contributed by atoms with E-state index in [1.165, 1.54) is 0 Å². The second-order valence-corrected chi connectivity index (χ2v) is 8.48. The number of amides is 1. The number of anilines is 1. The number of nitrogens with one attached hydrogen (secondary N) is 1. The highest BCUT2D eigenvalue weighted by molar-refractivity contribution is 5.99. The number of aliphatic hydroxyl groups excluding tert-OH is 1. The van der Waals surface area contributed by atoms with E-state index < -0.39 is 0 Å². The fourth-order valence-electron chi connectivity index (χ4n) is 4.53. The number of carbonyl (C=O) groups excluding carboxylic acids is 1. The fraction of sp³-hybridized carbons (Fsp3) is 0.400. The van der Waals surface area contributed by atoms with E-state index in [2.05, 4.69) is 5.32 Å². The maximum atomic E-state index is 13.2. The summed E-state index contributed by atoms with van der Waals surface area (Å²) in [5.74, 6) is 1.32. The van der Waals surface area contributed by atoms with Crippen molar-refractivity contribution in [3.63, 3.8) is 0 Å². The molecule has 0 saturated heterocycles. The SMILES string of the molecule is COc1cc(Cn2c(C(=O)NC[C@H]3CCCC[C@@H]3O)cc3cc(N)ccc32)cc(OC)c1. The molecule has 1 heterocycles. The zero-order chi connectivity index (χ0) is 22.7. The third-order valence-electron chi connectivity index (χ3n) is 6.30. The molecule has 1 amide bonds. The molecule has 1 fully saturated rings. The van der Waals surface area contributed by atoms with Crippen LogP contribution in [0.2, 0.25) is 0 Å². The highest BCUT2D eigenvalue weighted by atomic mass is 16.5. The Kier molecular flexibility index (Phi) is 6.55. The van der Waals surface area contributed by atoms with Gasteiger partial charge in [-0.2, -0.15) is 0 Å². The largest absolute Gasteiger partial charge is 0.497 e. The molecule has 0 bridgehead atoms. The lowest BCUT2D eigenvalue weighted by atomic mass is 9.86. The van der Waals surface area contributed by atoms with Crippen LogP contribution in [0.5, 0.6) is 11.5 Å². The third kappa shape index (κ3) is 4.67. The standard InChI is InChI=1S/C25H31N3O4/c1-31-20-9-16(10-21(13-20)32-2)15-28-22-8-7-19(26)11-18(22)12-23(28)25(30)27-14-17-5-3-4-6-24(17)29/h7-13,17,24,29H,3-6,14-15,26H2,1-2H3,(H,27,30)/t17-,24+/m1/s1. The quantitative estimate of drug-likeness (QED) is 0.491. The fourth-order valence-corrected chi connectivity index (χ4v) is 4.53. The summed E-state index contributed by atoms with van der Waals surface area (Å²) in [5.41, 5.74) is 9.06. The average Bonchev–Trinajstić information content (AvgIpc) is 3.15. The first kappa shape index (κ1) is 22.0. The lowest BCUT2D eigenvalue weighted by Gasteiger charge is -2.27. The van der Waals surface area contributed by atoms with Crippen molar-refractivity contribution in [1.82, 2.24) is 9.88 Å². The van der Waals surface area contributed by atoms with Crippen LogP contribution in [0.1, 0.15) is 41.7 Å². The van der Waals surface area contributed by atoms with Crippen LogP contribution in [-0.2, 0) is 6.54 Å². The van der Waals surface area contributed by atoms with Crippen LogP contribution >= 0.6 is 0 Å². The maximum absolute atomic E-state index is 13.2. The minimum atomic E-state index is -0.348. The number of ether oxygens (including phenoxy) is 2. The second-order valence-electron chi connectivity index (χ2n) is 8.48. The van der Waals surface area contributed by atoms with Gasteiger partial charge in [-0.15, -0.1) is 0 Å². The van der Waals surface area contributed by atoms with Crippen molar-refractivity contribution in [3.05, 3.63) is 53.7 Å².